The molecule has 0 saturated carbocycles. The van der Waals surface area contributed by atoms with Crippen molar-refractivity contribution in [2.75, 3.05) is 36.9 Å². The molecule has 0 bridgehead atoms. The van der Waals surface area contributed by atoms with E-state index in [1.54, 1.807) is 6.07 Å². The van der Waals surface area contributed by atoms with Gasteiger partial charge in [-0.15, -0.1) is 0 Å². The molecule has 6 nitrogen and oxygen atoms in total. The summed E-state index contributed by atoms with van der Waals surface area (Å²) in [6, 6.07) is 12.7. The number of hydrogen-bond acceptors (Lipinski definition) is 4. The molecule has 0 spiro atoms. The fourth-order valence-corrected chi connectivity index (χ4v) is 4.10. The summed E-state index contributed by atoms with van der Waals surface area (Å²) in [4.78, 5) is 29.3. The van der Waals surface area contributed by atoms with Gasteiger partial charge in [-0.2, -0.15) is 0 Å². The third-order valence-electron chi connectivity index (χ3n) is 5.61. The fourth-order valence-electron chi connectivity index (χ4n) is 3.83. The van der Waals surface area contributed by atoms with E-state index >= 15 is 0 Å². The maximum absolute atomic E-state index is 13.3. The Kier molecular flexibility index (Phi) is 5.00. The van der Waals surface area contributed by atoms with Gasteiger partial charge < -0.3 is 20.4 Å². The van der Waals surface area contributed by atoms with Crippen LogP contribution in [0.5, 0.6) is 0 Å². The van der Waals surface area contributed by atoms with Crippen LogP contribution < -0.4 is 15.5 Å². The maximum atomic E-state index is 13.3. The number of piperazine rings is 1. The highest BCUT2D eigenvalue weighted by Crippen LogP contribution is 2.34. The van der Waals surface area contributed by atoms with E-state index in [4.69, 9.17) is 11.6 Å². The van der Waals surface area contributed by atoms with Crippen molar-refractivity contribution in [3.8, 4) is 0 Å². The first-order valence-electron chi connectivity index (χ1n) is 9.41. The first-order valence-corrected chi connectivity index (χ1v) is 9.79. The molecule has 2 atom stereocenters. The van der Waals surface area contributed by atoms with Gasteiger partial charge in [0, 0.05) is 37.3 Å². The number of benzene rings is 2. The monoisotopic (exact) mass is 398 g/mol. The van der Waals surface area contributed by atoms with Crippen LogP contribution in [-0.2, 0) is 4.79 Å². The number of rotatable bonds is 2. The highest BCUT2D eigenvalue weighted by molar-refractivity contribution is 6.31. The Morgan fingerprint density at radius 2 is 2.00 bits per heavy atom. The van der Waals surface area contributed by atoms with Crippen molar-refractivity contribution in [1.82, 2.24) is 10.2 Å². The zero-order chi connectivity index (χ0) is 19.8. The lowest BCUT2D eigenvalue weighted by Gasteiger charge is -2.37. The van der Waals surface area contributed by atoms with Crippen molar-refractivity contribution < 1.29 is 9.59 Å². The van der Waals surface area contributed by atoms with Crippen LogP contribution in [0.3, 0.4) is 0 Å². The molecule has 2 amide bonds. The maximum Gasteiger partial charge on any atom is 0.254 e. The van der Waals surface area contributed by atoms with Gasteiger partial charge in [-0.1, -0.05) is 29.8 Å². The van der Waals surface area contributed by atoms with E-state index in [2.05, 4.69) is 10.6 Å². The van der Waals surface area contributed by atoms with Gasteiger partial charge in [0.05, 0.1) is 17.4 Å². The van der Waals surface area contributed by atoms with Crippen molar-refractivity contribution in [2.45, 2.75) is 19.0 Å². The Hall–Kier alpha value is -2.57. The molecule has 2 unspecified atom stereocenters. The van der Waals surface area contributed by atoms with E-state index in [0.29, 0.717) is 29.4 Å². The van der Waals surface area contributed by atoms with E-state index in [1.807, 2.05) is 60.2 Å². The van der Waals surface area contributed by atoms with Crippen molar-refractivity contribution >= 4 is 34.8 Å². The SMILES string of the molecule is CC1C(=O)Nc2cc(C(=O)N3CCNCC3c3ccccc3Cl)ccc2N1C. The smallest absolute Gasteiger partial charge is 0.254 e. The van der Waals surface area contributed by atoms with E-state index in [1.165, 1.54) is 0 Å². The first kappa shape index (κ1) is 18.8. The molecule has 2 heterocycles. The number of hydrogen-bond donors (Lipinski definition) is 2. The largest absolute Gasteiger partial charge is 0.361 e. The van der Waals surface area contributed by atoms with Gasteiger partial charge in [-0.25, -0.2) is 0 Å². The van der Waals surface area contributed by atoms with Gasteiger partial charge in [-0.05, 0) is 36.8 Å². The number of carbonyl (C=O) groups is 2. The van der Waals surface area contributed by atoms with Crippen LogP contribution in [0.2, 0.25) is 5.02 Å². The Bertz CT molecular complexity index is 932. The lowest BCUT2D eigenvalue weighted by atomic mass is 10.0. The van der Waals surface area contributed by atoms with Gasteiger partial charge in [0.15, 0.2) is 0 Å². The van der Waals surface area contributed by atoms with Crippen LogP contribution >= 0.6 is 11.6 Å². The number of likely N-dealkylation sites (N-methyl/N-ethyl adjacent to an activating group) is 1. The molecule has 146 valence electrons. The van der Waals surface area contributed by atoms with Crippen molar-refractivity contribution in [2.24, 2.45) is 0 Å². The minimum Gasteiger partial charge on any atom is -0.361 e. The molecule has 0 radical (unpaired) electrons. The van der Waals surface area contributed by atoms with Crippen LogP contribution in [0.4, 0.5) is 11.4 Å². The first-order chi connectivity index (χ1) is 13.5. The van der Waals surface area contributed by atoms with Crippen LogP contribution in [0.15, 0.2) is 42.5 Å². The van der Waals surface area contributed by atoms with Crippen molar-refractivity contribution in [1.29, 1.82) is 0 Å². The molecule has 4 rings (SSSR count). The summed E-state index contributed by atoms with van der Waals surface area (Å²) in [5.74, 6) is -0.138. The summed E-state index contributed by atoms with van der Waals surface area (Å²) in [5.41, 5.74) is 3.07. The summed E-state index contributed by atoms with van der Waals surface area (Å²) >= 11 is 6.40. The molecule has 2 aromatic carbocycles. The number of nitrogens with zero attached hydrogens (tertiary/aromatic N) is 2. The molecule has 28 heavy (non-hydrogen) atoms. The molecular weight excluding hydrogens is 376 g/mol. The number of nitrogens with one attached hydrogen (secondary N) is 2. The second-order valence-corrected chi connectivity index (χ2v) is 7.66. The highest BCUT2D eigenvalue weighted by Gasteiger charge is 2.32. The number of halogens is 1. The number of carbonyl (C=O) groups excluding carboxylic acids is 2. The molecule has 2 N–H and O–H groups in total. The standard InChI is InChI=1S/C21H23ClN4O2/c1-13-20(27)24-17-11-14(7-8-18(17)25(13)2)21(28)26-10-9-23-12-19(26)15-5-3-4-6-16(15)22/h3-8,11,13,19,23H,9-10,12H2,1-2H3,(H,24,27). The van der Waals surface area contributed by atoms with Crippen LogP contribution in [-0.4, -0.2) is 49.4 Å². The highest BCUT2D eigenvalue weighted by atomic mass is 35.5. The average Bonchev–Trinajstić information content (AvgIpc) is 2.71. The third-order valence-corrected chi connectivity index (χ3v) is 5.95. The van der Waals surface area contributed by atoms with Crippen LogP contribution in [0.1, 0.15) is 28.9 Å². The van der Waals surface area contributed by atoms with Gasteiger partial charge in [-0.3, -0.25) is 9.59 Å². The van der Waals surface area contributed by atoms with E-state index in [0.717, 1.165) is 17.8 Å². The van der Waals surface area contributed by atoms with Crippen molar-refractivity contribution in [3.05, 3.63) is 58.6 Å². The molecule has 2 aliphatic heterocycles. The summed E-state index contributed by atoms with van der Waals surface area (Å²) in [6.45, 7) is 3.83. The minimum atomic E-state index is -0.244. The lowest BCUT2D eigenvalue weighted by molar-refractivity contribution is -0.117. The normalized spacial score (nSPS) is 21.9. The minimum absolute atomic E-state index is 0.0651. The van der Waals surface area contributed by atoms with E-state index in [-0.39, 0.29) is 23.9 Å². The second-order valence-electron chi connectivity index (χ2n) is 7.25. The molecule has 1 saturated heterocycles. The Morgan fingerprint density at radius 3 is 2.79 bits per heavy atom. The van der Waals surface area contributed by atoms with Crippen molar-refractivity contribution in [3.63, 3.8) is 0 Å². The molecule has 0 aromatic heterocycles. The predicted molar refractivity (Wildman–Crippen MR) is 111 cm³/mol. The third kappa shape index (κ3) is 3.23. The Labute approximate surface area is 169 Å². The zero-order valence-corrected chi connectivity index (χ0v) is 16.7. The van der Waals surface area contributed by atoms with Gasteiger partial charge in [0.2, 0.25) is 5.91 Å². The summed E-state index contributed by atoms with van der Waals surface area (Å²) in [5, 5.41) is 6.91. The molecule has 0 aliphatic carbocycles. The number of anilines is 2. The van der Waals surface area contributed by atoms with E-state index < -0.39 is 0 Å². The predicted octanol–water partition coefficient (Wildman–Crippen LogP) is 2.90. The van der Waals surface area contributed by atoms with Gasteiger partial charge in [0.1, 0.15) is 6.04 Å². The average molecular weight is 399 g/mol. The molecule has 1 fully saturated rings. The lowest BCUT2D eigenvalue weighted by Crippen LogP contribution is -2.49. The fraction of sp³-hybridized carbons (Fsp3) is 0.333. The number of fused-ring (bicyclic) bond motifs is 1. The Morgan fingerprint density at radius 1 is 1.21 bits per heavy atom. The zero-order valence-electron chi connectivity index (χ0n) is 15.9. The van der Waals surface area contributed by atoms with E-state index in [9.17, 15) is 9.59 Å². The van der Waals surface area contributed by atoms with Gasteiger partial charge >= 0.3 is 0 Å². The second kappa shape index (κ2) is 7.45. The molecule has 2 aliphatic rings. The quantitative estimate of drug-likeness (QED) is 0.816. The molecule has 7 heteroatoms. The molecule has 2 aromatic rings. The Balaban J connectivity index is 1.66. The topological polar surface area (TPSA) is 64.7 Å². The van der Waals surface area contributed by atoms with Crippen LogP contribution in [0.25, 0.3) is 0 Å². The molecular formula is C21H23ClN4O2. The van der Waals surface area contributed by atoms with Gasteiger partial charge in [0.25, 0.3) is 5.91 Å². The van der Waals surface area contributed by atoms with Crippen LogP contribution in [0, 0.1) is 0 Å². The summed E-state index contributed by atoms with van der Waals surface area (Å²) < 4.78 is 0. The summed E-state index contributed by atoms with van der Waals surface area (Å²) in [6.07, 6.45) is 0. The summed E-state index contributed by atoms with van der Waals surface area (Å²) in [7, 11) is 1.88. The number of amides is 2.